The van der Waals surface area contributed by atoms with Crippen molar-refractivity contribution in [3.63, 3.8) is 0 Å². The highest BCUT2D eigenvalue weighted by Gasteiger charge is 2.14. The maximum Gasteiger partial charge on any atom is 0.190 e. The molecule has 0 aliphatic carbocycles. The Bertz CT molecular complexity index is 588. The van der Waals surface area contributed by atoms with Crippen LogP contribution in [0.3, 0.4) is 0 Å². The zero-order chi connectivity index (χ0) is 13.8. The summed E-state index contributed by atoms with van der Waals surface area (Å²) in [5.41, 5.74) is 3.41. The molecule has 2 rings (SSSR count). The molecule has 0 N–H and O–H groups in total. The quantitative estimate of drug-likeness (QED) is 0.842. The zero-order valence-corrected chi connectivity index (χ0v) is 11.6. The van der Waals surface area contributed by atoms with Crippen LogP contribution in [0.2, 0.25) is 0 Å². The highest BCUT2D eigenvalue weighted by Crippen LogP contribution is 2.23. The summed E-state index contributed by atoms with van der Waals surface area (Å²) in [6.07, 6.45) is 1.02. The highest BCUT2D eigenvalue weighted by molar-refractivity contribution is 5.65. The predicted molar refractivity (Wildman–Crippen MR) is 74.4 cm³/mol. The molecule has 0 saturated heterocycles. The van der Waals surface area contributed by atoms with E-state index in [1.54, 1.807) is 0 Å². The first-order chi connectivity index (χ1) is 9.11. The second-order valence-electron chi connectivity index (χ2n) is 5.17. The Kier molecular flexibility index (Phi) is 3.96. The molecule has 4 heteroatoms. The number of benzene rings is 1. The SMILES string of the molecule is Cc1ccc(-c2c(C#N)nnn2CCC(C)C)cc1. The normalized spacial score (nSPS) is 10.7. The molecule has 2 aromatic rings. The van der Waals surface area contributed by atoms with E-state index in [9.17, 15) is 0 Å². The lowest BCUT2D eigenvalue weighted by Crippen LogP contribution is -2.05. The zero-order valence-electron chi connectivity index (χ0n) is 11.6. The van der Waals surface area contributed by atoms with Gasteiger partial charge in [0.15, 0.2) is 5.69 Å². The Labute approximate surface area is 113 Å². The lowest BCUT2D eigenvalue weighted by atomic mass is 10.1. The van der Waals surface area contributed by atoms with E-state index >= 15 is 0 Å². The van der Waals surface area contributed by atoms with Gasteiger partial charge in [0.05, 0.1) is 0 Å². The van der Waals surface area contributed by atoms with Crippen LogP contribution in [0, 0.1) is 24.2 Å². The fourth-order valence-electron chi connectivity index (χ4n) is 1.92. The van der Waals surface area contributed by atoms with Crippen molar-refractivity contribution < 1.29 is 0 Å². The number of hydrogen-bond donors (Lipinski definition) is 0. The van der Waals surface area contributed by atoms with E-state index in [1.807, 2.05) is 35.9 Å². The molecule has 0 amide bonds. The van der Waals surface area contributed by atoms with Gasteiger partial charge in [-0.1, -0.05) is 48.9 Å². The molecule has 1 aromatic carbocycles. The van der Waals surface area contributed by atoms with Crippen molar-refractivity contribution in [1.82, 2.24) is 15.0 Å². The summed E-state index contributed by atoms with van der Waals surface area (Å²) in [4.78, 5) is 0. The summed E-state index contributed by atoms with van der Waals surface area (Å²) in [7, 11) is 0. The Hall–Kier alpha value is -2.15. The number of aromatic nitrogens is 3. The van der Waals surface area contributed by atoms with Gasteiger partial charge in [-0.05, 0) is 19.3 Å². The smallest absolute Gasteiger partial charge is 0.190 e. The van der Waals surface area contributed by atoms with E-state index in [1.165, 1.54) is 5.56 Å². The fourth-order valence-corrected chi connectivity index (χ4v) is 1.92. The molecule has 0 unspecified atom stereocenters. The van der Waals surface area contributed by atoms with Gasteiger partial charge in [0, 0.05) is 12.1 Å². The molecule has 0 saturated carbocycles. The molecular weight excluding hydrogens is 236 g/mol. The average molecular weight is 254 g/mol. The van der Waals surface area contributed by atoms with Gasteiger partial charge in [0.2, 0.25) is 0 Å². The minimum absolute atomic E-state index is 0.396. The molecule has 0 aliphatic rings. The number of rotatable bonds is 4. The van der Waals surface area contributed by atoms with Gasteiger partial charge in [-0.15, -0.1) is 5.10 Å². The van der Waals surface area contributed by atoms with Crippen LogP contribution in [-0.2, 0) is 6.54 Å². The van der Waals surface area contributed by atoms with Crippen LogP contribution in [0.15, 0.2) is 24.3 Å². The van der Waals surface area contributed by atoms with Gasteiger partial charge in [-0.25, -0.2) is 4.68 Å². The first-order valence-electron chi connectivity index (χ1n) is 6.52. The molecule has 0 spiro atoms. The summed E-state index contributed by atoms with van der Waals surface area (Å²) in [5, 5.41) is 17.2. The monoisotopic (exact) mass is 254 g/mol. The van der Waals surface area contributed by atoms with Crippen LogP contribution in [-0.4, -0.2) is 15.0 Å². The predicted octanol–water partition coefficient (Wildman–Crippen LogP) is 3.17. The topological polar surface area (TPSA) is 54.5 Å². The van der Waals surface area contributed by atoms with Gasteiger partial charge in [-0.3, -0.25) is 0 Å². The van der Waals surface area contributed by atoms with E-state index in [0.29, 0.717) is 11.6 Å². The van der Waals surface area contributed by atoms with E-state index in [2.05, 4.69) is 30.2 Å². The third-order valence-corrected chi connectivity index (χ3v) is 3.08. The van der Waals surface area contributed by atoms with Crippen LogP contribution in [0.4, 0.5) is 0 Å². The summed E-state index contributed by atoms with van der Waals surface area (Å²) >= 11 is 0. The summed E-state index contributed by atoms with van der Waals surface area (Å²) in [6, 6.07) is 10.2. The van der Waals surface area contributed by atoms with Crippen LogP contribution in [0.25, 0.3) is 11.3 Å². The standard InChI is InChI=1S/C15H18N4/c1-11(2)8-9-19-15(14(10-16)17-18-19)13-6-4-12(3)5-7-13/h4-7,11H,8-9H2,1-3H3. The minimum Gasteiger partial charge on any atom is -0.243 e. The van der Waals surface area contributed by atoms with E-state index in [4.69, 9.17) is 5.26 Å². The molecule has 0 bridgehead atoms. The number of nitriles is 1. The third-order valence-electron chi connectivity index (χ3n) is 3.08. The van der Waals surface area contributed by atoms with Crippen LogP contribution in [0.1, 0.15) is 31.5 Å². The molecule has 1 aromatic heterocycles. The second-order valence-corrected chi connectivity index (χ2v) is 5.17. The van der Waals surface area contributed by atoms with Crippen LogP contribution in [0.5, 0.6) is 0 Å². The summed E-state index contributed by atoms with van der Waals surface area (Å²) in [6.45, 7) is 7.18. The Morgan fingerprint density at radius 3 is 2.53 bits per heavy atom. The van der Waals surface area contributed by atoms with E-state index < -0.39 is 0 Å². The fraction of sp³-hybridized carbons (Fsp3) is 0.400. The summed E-state index contributed by atoms with van der Waals surface area (Å²) in [5.74, 6) is 0.598. The summed E-state index contributed by atoms with van der Waals surface area (Å²) < 4.78 is 1.84. The molecule has 1 heterocycles. The molecule has 98 valence electrons. The van der Waals surface area contributed by atoms with Gasteiger partial charge < -0.3 is 0 Å². The second kappa shape index (κ2) is 5.66. The van der Waals surface area contributed by atoms with Crippen molar-refractivity contribution in [3.8, 4) is 17.3 Å². The van der Waals surface area contributed by atoms with Gasteiger partial charge in [0.1, 0.15) is 11.8 Å². The Morgan fingerprint density at radius 1 is 1.26 bits per heavy atom. The third kappa shape index (κ3) is 3.00. The number of aryl methyl sites for hydroxylation is 2. The van der Waals surface area contributed by atoms with Crippen LogP contribution >= 0.6 is 0 Å². The van der Waals surface area contributed by atoms with Crippen molar-refractivity contribution in [2.45, 2.75) is 33.7 Å². The highest BCUT2D eigenvalue weighted by atomic mass is 15.4. The Balaban J connectivity index is 2.39. The minimum atomic E-state index is 0.396. The van der Waals surface area contributed by atoms with E-state index in [0.717, 1.165) is 24.2 Å². The lowest BCUT2D eigenvalue weighted by molar-refractivity contribution is 0.481. The molecule has 0 aliphatic heterocycles. The maximum atomic E-state index is 9.16. The van der Waals surface area contributed by atoms with Crippen LogP contribution < -0.4 is 0 Å². The largest absolute Gasteiger partial charge is 0.243 e. The van der Waals surface area contributed by atoms with Gasteiger partial charge >= 0.3 is 0 Å². The van der Waals surface area contributed by atoms with E-state index in [-0.39, 0.29) is 0 Å². The first kappa shape index (κ1) is 13.3. The van der Waals surface area contributed by atoms with Gasteiger partial charge in [-0.2, -0.15) is 5.26 Å². The lowest BCUT2D eigenvalue weighted by Gasteiger charge is -2.08. The van der Waals surface area contributed by atoms with Gasteiger partial charge in [0.25, 0.3) is 0 Å². The average Bonchev–Trinajstić information content (AvgIpc) is 2.80. The molecule has 0 fully saturated rings. The first-order valence-corrected chi connectivity index (χ1v) is 6.52. The van der Waals surface area contributed by atoms with Crippen molar-refractivity contribution in [2.24, 2.45) is 5.92 Å². The number of hydrogen-bond acceptors (Lipinski definition) is 3. The Morgan fingerprint density at radius 2 is 1.95 bits per heavy atom. The van der Waals surface area contributed by atoms with Crippen molar-refractivity contribution in [1.29, 1.82) is 5.26 Å². The molecule has 0 atom stereocenters. The van der Waals surface area contributed by atoms with Crippen molar-refractivity contribution in [3.05, 3.63) is 35.5 Å². The maximum absolute atomic E-state index is 9.16. The molecule has 19 heavy (non-hydrogen) atoms. The van der Waals surface area contributed by atoms with Crippen molar-refractivity contribution >= 4 is 0 Å². The molecule has 4 nitrogen and oxygen atoms in total. The van der Waals surface area contributed by atoms with Crippen molar-refractivity contribution in [2.75, 3.05) is 0 Å². The molecule has 0 radical (unpaired) electrons. The number of nitrogens with zero attached hydrogens (tertiary/aromatic N) is 4. The molecular formula is C15H18N4.